The predicted molar refractivity (Wildman–Crippen MR) is 119 cm³/mol. The van der Waals surface area contributed by atoms with E-state index in [2.05, 4.69) is 15.5 Å². The number of aryl methyl sites for hydroxylation is 1. The van der Waals surface area contributed by atoms with E-state index in [0.717, 1.165) is 36.9 Å². The zero-order valence-corrected chi connectivity index (χ0v) is 19.5. The number of carbonyl (C=O) groups is 1. The summed E-state index contributed by atoms with van der Waals surface area (Å²) in [6.07, 6.45) is 7.32. The number of nitrogens with zero attached hydrogens (tertiary/aromatic N) is 6. The molecule has 1 aromatic heterocycles. The van der Waals surface area contributed by atoms with Crippen LogP contribution in [-0.2, 0) is 21.2 Å². The Morgan fingerprint density at radius 3 is 2.71 bits per heavy atom. The highest BCUT2D eigenvalue weighted by Gasteiger charge is 2.27. The first kappa shape index (κ1) is 22.2. The molecule has 1 saturated carbocycles. The molecule has 31 heavy (non-hydrogen) atoms. The Kier molecular flexibility index (Phi) is 6.63. The molecule has 168 valence electrons. The van der Waals surface area contributed by atoms with Gasteiger partial charge in [-0.25, -0.2) is 17.4 Å². The Bertz CT molecular complexity index is 1050. The number of sulfonamides is 1. The molecule has 4 rings (SSSR count). The van der Waals surface area contributed by atoms with E-state index < -0.39 is 10.0 Å². The van der Waals surface area contributed by atoms with Crippen molar-refractivity contribution in [3.05, 3.63) is 23.8 Å². The molecule has 11 heteroatoms. The van der Waals surface area contributed by atoms with Crippen LogP contribution in [0.15, 0.2) is 28.3 Å². The molecule has 1 aromatic carbocycles. The number of amides is 1. The standard InChI is InChI=1S/C20H28N6O3S2/c1-24(2)31(28,29)17-10-11-18-15(13-17)7-6-12-25(18)19(27)14-30-20-21-22-23-26(20)16-8-4-3-5-9-16/h10-11,13,16H,3-9,12,14H2,1-2H3. The van der Waals surface area contributed by atoms with Crippen molar-refractivity contribution < 1.29 is 13.2 Å². The van der Waals surface area contributed by atoms with Crippen molar-refractivity contribution in [1.29, 1.82) is 0 Å². The van der Waals surface area contributed by atoms with Crippen LogP contribution in [0.3, 0.4) is 0 Å². The van der Waals surface area contributed by atoms with Crippen molar-refractivity contribution in [1.82, 2.24) is 24.5 Å². The minimum absolute atomic E-state index is 0.0210. The van der Waals surface area contributed by atoms with Gasteiger partial charge in [-0.2, -0.15) is 0 Å². The van der Waals surface area contributed by atoms with E-state index in [1.165, 1.54) is 49.4 Å². The summed E-state index contributed by atoms with van der Waals surface area (Å²) in [5, 5.41) is 12.8. The molecule has 0 unspecified atom stereocenters. The molecule has 2 heterocycles. The third-order valence-electron chi connectivity index (χ3n) is 5.96. The molecule has 1 aliphatic heterocycles. The number of hydrogen-bond acceptors (Lipinski definition) is 7. The van der Waals surface area contributed by atoms with E-state index in [4.69, 9.17) is 0 Å². The molecule has 1 amide bonds. The van der Waals surface area contributed by atoms with Gasteiger partial charge in [0.05, 0.1) is 16.7 Å². The average molecular weight is 465 g/mol. The van der Waals surface area contributed by atoms with E-state index >= 15 is 0 Å². The summed E-state index contributed by atoms with van der Waals surface area (Å²) in [5.74, 6) is 0.219. The van der Waals surface area contributed by atoms with Crippen LogP contribution >= 0.6 is 11.8 Å². The van der Waals surface area contributed by atoms with Crippen LogP contribution in [0.1, 0.15) is 50.1 Å². The van der Waals surface area contributed by atoms with Crippen LogP contribution in [0.2, 0.25) is 0 Å². The summed E-state index contributed by atoms with van der Waals surface area (Å²) < 4.78 is 28.0. The van der Waals surface area contributed by atoms with Crippen molar-refractivity contribution in [2.75, 3.05) is 31.3 Å². The molecular weight excluding hydrogens is 436 g/mol. The quantitative estimate of drug-likeness (QED) is 0.605. The normalized spacial score (nSPS) is 17.7. The third-order valence-corrected chi connectivity index (χ3v) is 8.69. The van der Waals surface area contributed by atoms with E-state index in [9.17, 15) is 13.2 Å². The van der Waals surface area contributed by atoms with Crippen molar-refractivity contribution in [3.63, 3.8) is 0 Å². The Morgan fingerprint density at radius 1 is 1.19 bits per heavy atom. The summed E-state index contributed by atoms with van der Waals surface area (Å²) >= 11 is 1.37. The maximum Gasteiger partial charge on any atom is 0.242 e. The van der Waals surface area contributed by atoms with E-state index in [0.29, 0.717) is 17.7 Å². The maximum absolute atomic E-state index is 13.0. The minimum atomic E-state index is -3.50. The van der Waals surface area contributed by atoms with Gasteiger partial charge in [0.1, 0.15) is 0 Å². The van der Waals surface area contributed by atoms with Crippen LogP contribution < -0.4 is 4.90 Å². The van der Waals surface area contributed by atoms with Gasteiger partial charge in [-0.1, -0.05) is 31.0 Å². The van der Waals surface area contributed by atoms with Gasteiger partial charge in [0, 0.05) is 26.3 Å². The maximum atomic E-state index is 13.0. The summed E-state index contributed by atoms with van der Waals surface area (Å²) in [6, 6.07) is 5.34. The van der Waals surface area contributed by atoms with Gasteiger partial charge in [-0.05, 0) is 59.9 Å². The molecule has 0 bridgehead atoms. The lowest BCUT2D eigenvalue weighted by Gasteiger charge is -2.30. The number of hydrogen-bond donors (Lipinski definition) is 0. The summed E-state index contributed by atoms with van der Waals surface area (Å²) in [7, 11) is -0.469. The van der Waals surface area contributed by atoms with Crippen molar-refractivity contribution in [2.24, 2.45) is 0 Å². The zero-order chi connectivity index (χ0) is 22.0. The van der Waals surface area contributed by atoms with Crippen LogP contribution in [0.5, 0.6) is 0 Å². The first-order valence-corrected chi connectivity index (χ1v) is 13.1. The SMILES string of the molecule is CN(C)S(=O)(=O)c1ccc2c(c1)CCCN2C(=O)CSc1nnnn1C1CCCCC1. The second-order valence-corrected chi connectivity index (χ2v) is 11.3. The first-order valence-electron chi connectivity index (χ1n) is 10.6. The predicted octanol–water partition coefficient (Wildman–Crippen LogP) is 2.50. The van der Waals surface area contributed by atoms with Crippen LogP contribution in [0.4, 0.5) is 5.69 Å². The molecule has 2 aliphatic rings. The number of tetrazole rings is 1. The lowest BCUT2D eigenvalue weighted by atomic mass is 9.96. The average Bonchev–Trinajstić information content (AvgIpc) is 3.25. The highest BCUT2D eigenvalue weighted by molar-refractivity contribution is 7.99. The molecule has 2 aromatic rings. The highest BCUT2D eigenvalue weighted by atomic mass is 32.2. The van der Waals surface area contributed by atoms with Gasteiger partial charge in [0.15, 0.2) is 0 Å². The molecule has 0 saturated heterocycles. The second kappa shape index (κ2) is 9.25. The van der Waals surface area contributed by atoms with Gasteiger partial charge >= 0.3 is 0 Å². The summed E-state index contributed by atoms with van der Waals surface area (Å²) in [6.45, 7) is 0.625. The highest BCUT2D eigenvalue weighted by Crippen LogP contribution is 2.32. The van der Waals surface area contributed by atoms with Crippen LogP contribution in [0, 0.1) is 0 Å². The molecule has 0 radical (unpaired) electrons. The van der Waals surface area contributed by atoms with Gasteiger partial charge in [-0.15, -0.1) is 5.10 Å². The van der Waals surface area contributed by atoms with E-state index in [-0.39, 0.29) is 16.6 Å². The first-order chi connectivity index (χ1) is 14.9. The topological polar surface area (TPSA) is 101 Å². The largest absolute Gasteiger partial charge is 0.311 e. The molecular formula is C20H28N6O3S2. The molecule has 1 fully saturated rings. The van der Waals surface area contributed by atoms with Gasteiger partial charge in [-0.3, -0.25) is 4.79 Å². The number of benzene rings is 1. The van der Waals surface area contributed by atoms with Crippen molar-refractivity contribution in [3.8, 4) is 0 Å². The summed E-state index contributed by atoms with van der Waals surface area (Å²) in [5.41, 5.74) is 1.68. The number of rotatable bonds is 6. The molecule has 0 spiro atoms. The smallest absolute Gasteiger partial charge is 0.242 e. The Morgan fingerprint density at radius 2 is 1.97 bits per heavy atom. The van der Waals surface area contributed by atoms with Gasteiger partial charge < -0.3 is 4.90 Å². The number of carbonyl (C=O) groups excluding carboxylic acids is 1. The van der Waals surface area contributed by atoms with Crippen molar-refractivity contribution in [2.45, 2.75) is 61.0 Å². The Balaban J connectivity index is 1.47. The van der Waals surface area contributed by atoms with Crippen LogP contribution in [0.25, 0.3) is 0 Å². The third kappa shape index (κ3) is 4.63. The van der Waals surface area contributed by atoms with E-state index in [1.807, 2.05) is 4.68 Å². The number of fused-ring (bicyclic) bond motifs is 1. The van der Waals surface area contributed by atoms with E-state index in [1.54, 1.807) is 23.1 Å². The van der Waals surface area contributed by atoms with Gasteiger partial charge in [0.2, 0.25) is 21.1 Å². The number of thioether (sulfide) groups is 1. The molecule has 0 atom stereocenters. The van der Waals surface area contributed by atoms with Crippen LogP contribution in [-0.4, -0.2) is 65.2 Å². The fraction of sp³-hybridized carbons (Fsp3) is 0.600. The number of anilines is 1. The Labute approximate surface area is 187 Å². The lowest BCUT2D eigenvalue weighted by Crippen LogP contribution is -2.37. The Hall–Kier alpha value is -1.98. The molecule has 1 aliphatic carbocycles. The number of aromatic nitrogens is 4. The molecule has 0 N–H and O–H groups in total. The summed E-state index contributed by atoms with van der Waals surface area (Å²) in [4.78, 5) is 15.0. The lowest BCUT2D eigenvalue weighted by molar-refractivity contribution is -0.116. The fourth-order valence-corrected chi connectivity index (χ4v) is 6.02. The minimum Gasteiger partial charge on any atom is -0.311 e. The van der Waals surface area contributed by atoms with Gasteiger partial charge in [0.25, 0.3) is 0 Å². The second-order valence-electron chi connectivity index (χ2n) is 8.21. The van der Waals surface area contributed by atoms with Crippen molar-refractivity contribution >= 4 is 33.4 Å². The fourth-order valence-electron chi connectivity index (χ4n) is 4.24. The monoisotopic (exact) mass is 464 g/mol. The zero-order valence-electron chi connectivity index (χ0n) is 17.9. The molecule has 9 nitrogen and oxygen atoms in total.